The summed E-state index contributed by atoms with van der Waals surface area (Å²) in [7, 11) is -1.11. The van der Waals surface area contributed by atoms with E-state index in [0.29, 0.717) is 11.1 Å². The van der Waals surface area contributed by atoms with Crippen LogP contribution in [0.2, 0.25) is 0 Å². The molecule has 2 aromatic carbocycles. The molecule has 0 unspecified atom stereocenters. The lowest BCUT2D eigenvalue weighted by atomic mass is 9.78. The fourth-order valence-corrected chi connectivity index (χ4v) is 4.57. The first-order valence-electron chi connectivity index (χ1n) is 13.8. The number of benzene rings is 2. The van der Waals surface area contributed by atoms with E-state index in [0.717, 1.165) is 15.8 Å². The van der Waals surface area contributed by atoms with Crippen molar-refractivity contribution in [3.8, 4) is 0 Å². The topological polar surface area (TPSA) is 87.2 Å². The van der Waals surface area contributed by atoms with Crippen LogP contribution in [0, 0.1) is 0 Å². The van der Waals surface area contributed by atoms with Crippen LogP contribution in [0.1, 0.15) is 76.1 Å². The average molecular weight is 554 g/mol. The van der Waals surface area contributed by atoms with E-state index < -0.39 is 48.5 Å². The molecule has 212 valence electrons. The Balaban J connectivity index is 1.39. The van der Waals surface area contributed by atoms with Crippen molar-refractivity contribution in [3.05, 3.63) is 84.1 Å². The Morgan fingerprint density at radius 1 is 0.585 bits per heavy atom. The number of aromatic nitrogens is 1. The van der Waals surface area contributed by atoms with Crippen LogP contribution in [0.5, 0.6) is 0 Å². The van der Waals surface area contributed by atoms with Crippen LogP contribution in [0.25, 0.3) is 0 Å². The van der Waals surface area contributed by atoms with E-state index in [1.165, 1.54) is 0 Å². The lowest BCUT2D eigenvalue weighted by molar-refractivity contribution is 0.00578. The van der Waals surface area contributed by atoms with Gasteiger partial charge < -0.3 is 18.6 Å². The average Bonchev–Trinajstić information content (AvgIpc) is 3.29. The van der Waals surface area contributed by atoms with Crippen molar-refractivity contribution in [3.63, 3.8) is 0 Å². The second-order valence-corrected chi connectivity index (χ2v) is 12.6. The summed E-state index contributed by atoms with van der Waals surface area (Å²) in [5, 5.41) is 0. The lowest BCUT2D eigenvalue weighted by Gasteiger charge is -2.32. The summed E-state index contributed by atoms with van der Waals surface area (Å²) in [6.07, 6.45) is 1.55. The maximum absolute atomic E-state index is 13.8. The third-order valence-corrected chi connectivity index (χ3v) is 8.65. The second-order valence-electron chi connectivity index (χ2n) is 12.6. The molecule has 5 rings (SSSR count). The van der Waals surface area contributed by atoms with Gasteiger partial charge in [0.25, 0.3) is 11.8 Å². The number of pyridine rings is 1. The van der Waals surface area contributed by atoms with Crippen molar-refractivity contribution >= 4 is 42.8 Å². The SMILES string of the molecule is CC1(C)OB(c2ccc(C(=O)N(C(=O)c3ccc(B4OC(C)(C)C(C)(C)O4)cc3)c3ccccn3)cc2)OC1(C)C. The molecule has 0 radical (unpaired) electrons. The molecule has 2 saturated heterocycles. The molecule has 1 aromatic heterocycles. The van der Waals surface area contributed by atoms with Crippen LogP contribution in [0.3, 0.4) is 0 Å². The number of carbonyl (C=O) groups is 2. The van der Waals surface area contributed by atoms with E-state index in [9.17, 15) is 9.59 Å². The van der Waals surface area contributed by atoms with Crippen molar-refractivity contribution in [1.29, 1.82) is 0 Å². The van der Waals surface area contributed by atoms with Crippen LogP contribution >= 0.6 is 0 Å². The molecule has 2 aliphatic rings. The molecule has 2 aliphatic heterocycles. The molecule has 0 bridgehead atoms. The first-order chi connectivity index (χ1) is 19.1. The molecule has 3 aromatic rings. The molecule has 2 amide bonds. The molecule has 41 heavy (non-hydrogen) atoms. The number of hydrogen-bond donors (Lipinski definition) is 0. The Morgan fingerprint density at radius 3 is 1.27 bits per heavy atom. The summed E-state index contributed by atoms with van der Waals surface area (Å²) in [6.45, 7) is 15.9. The van der Waals surface area contributed by atoms with Crippen LogP contribution < -0.4 is 15.8 Å². The number of anilines is 1. The Bertz CT molecular complexity index is 1320. The number of amides is 2. The first kappa shape index (κ1) is 29.2. The van der Waals surface area contributed by atoms with Crippen LogP contribution in [0.4, 0.5) is 5.82 Å². The maximum Gasteiger partial charge on any atom is 0.494 e. The first-order valence-corrected chi connectivity index (χ1v) is 13.8. The summed E-state index contributed by atoms with van der Waals surface area (Å²) in [6, 6.07) is 18.9. The van der Waals surface area contributed by atoms with Crippen LogP contribution in [-0.4, -0.2) is 53.4 Å². The zero-order valence-electron chi connectivity index (χ0n) is 24.9. The van der Waals surface area contributed by atoms with E-state index in [2.05, 4.69) is 4.98 Å². The van der Waals surface area contributed by atoms with Crippen molar-refractivity contribution in [2.75, 3.05) is 4.90 Å². The van der Waals surface area contributed by atoms with Crippen molar-refractivity contribution in [1.82, 2.24) is 4.98 Å². The van der Waals surface area contributed by atoms with Gasteiger partial charge in [-0.15, -0.1) is 0 Å². The van der Waals surface area contributed by atoms with Crippen molar-refractivity contribution < 1.29 is 28.2 Å². The highest BCUT2D eigenvalue weighted by Crippen LogP contribution is 2.37. The van der Waals surface area contributed by atoms with Gasteiger partial charge in [-0.25, -0.2) is 9.88 Å². The van der Waals surface area contributed by atoms with Gasteiger partial charge >= 0.3 is 14.2 Å². The largest absolute Gasteiger partial charge is 0.494 e. The molecule has 8 nitrogen and oxygen atoms in total. The molecule has 0 atom stereocenters. The Hall–Kier alpha value is -3.30. The number of imide groups is 1. The zero-order chi connectivity index (χ0) is 29.8. The fraction of sp³-hybridized carbons (Fsp3) is 0.387. The predicted octanol–water partition coefficient (Wildman–Crippen LogP) is 4.17. The summed E-state index contributed by atoms with van der Waals surface area (Å²) >= 11 is 0. The molecular weight excluding hydrogens is 518 g/mol. The highest BCUT2D eigenvalue weighted by Gasteiger charge is 2.52. The van der Waals surface area contributed by atoms with Gasteiger partial charge in [0, 0.05) is 17.3 Å². The molecule has 2 fully saturated rings. The van der Waals surface area contributed by atoms with Gasteiger partial charge in [-0.3, -0.25) is 9.59 Å². The minimum atomic E-state index is -0.555. The van der Waals surface area contributed by atoms with E-state index in [4.69, 9.17) is 18.6 Å². The molecule has 0 spiro atoms. The lowest BCUT2D eigenvalue weighted by Crippen LogP contribution is -2.41. The van der Waals surface area contributed by atoms with Gasteiger partial charge in [0.05, 0.1) is 22.4 Å². The molecule has 10 heteroatoms. The van der Waals surface area contributed by atoms with Gasteiger partial charge in [0.1, 0.15) is 5.82 Å². The highest BCUT2D eigenvalue weighted by atomic mass is 16.7. The number of nitrogens with zero attached hydrogens (tertiary/aromatic N) is 2. The minimum absolute atomic E-state index is 0.229. The van der Waals surface area contributed by atoms with Gasteiger partial charge in [0.2, 0.25) is 0 Å². The van der Waals surface area contributed by atoms with Gasteiger partial charge in [-0.05, 0) is 103 Å². The molecule has 0 N–H and O–H groups in total. The number of hydrogen-bond acceptors (Lipinski definition) is 7. The van der Waals surface area contributed by atoms with Gasteiger partial charge in [-0.2, -0.15) is 0 Å². The Labute approximate surface area is 242 Å². The third kappa shape index (κ3) is 5.37. The summed E-state index contributed by atoms with van der Waals surface area (Å²) in [4.78, 5) is 33.0. The van der Waals surface area contributed by atoms with Crippen molar-refractivity contribution in [2.45, 2.75) is 77.8 Å². The number of carbonyl (C=O) groups excluding carboxylic acids is 2. The molecule has 0 aliphatic carbocycles. The standard InChI is InChI=1S/C31H36B2N2O6/c1-28(2)29(3,4)39-32(38-28)23-16-12-21(13-17-23)26(36)35(25-11-9-10-20-34-25)27(37)22-14-18-24(19-15-22)33-40-30(5,6)31(7,8)41-33/h9-20H,1-8H3. The Morgan fingerprint density at radius 2 is 0.951 bits per heavy atom. The van der Waals surface area contributed by atoms with E-state index in [1.807, 2.05) is 55.4 Å². The van der Waals surface area contributed by atoms with Crippen molar-refractivity contribution in [2.24, 2.45) is 0 Å². The predicted molar refractivity (Wildman–Crippen MR) is 160 cm³/mol. The normalized spacial score (nSPS) is 20.2. The number of rotatable bonds is 5. The summed E-state index contributed by atoms with van der Waals surface area (Å²) in [5.41, 5.74) is 0.316. The highest BCUT2D eigenvalue weighted by molar-refractivity contribution is 6.62. The molecule has 3 heterocycles. The minimum Gasteiger partial charge on any atom is -0.399 e. The third-order valence-electron chi connectivity index (χ3n) is 8.65. The van der Waals surface area contributed by atoms with E-state index in [-0.39, 0.29) is 5.82 Å². The quantitative estimate of drug-likeness (QED) is 0.346. The summed E-state index contributed by atoms with van der Waals surface area (Å²) < 4.78 is 24.5. The monoisotopic (exact) mass is 554 g/mol. The molecular formula is C31H36B2N2O6. The van der Waals surface area contributed by atoms with Crippen LogP contribution in [0.15, 0.2) is 72.9 Å². The van der Waals surface area contributed by atoms with Crippen LogP contribution in [-0.2, 0) is 18.6 Å². The van der Waals surface area contributed by atoms with Gasteiger partial charge in [0.15, 0.2) is 0 Å². The summed E-state index contributed by atoms with van der Waals surface area (Å²) in [5.74, 6) is -0.763. The fourth-order valence-electron chi connectivity index (χ4n) is 4.57. The Kier molecular flexibility index (Phi) is 7.27. The molecule has 0 saturated carbocycles. The maximum atomic E-state index is 13.8. The smallest absolute Gasteiger partial charge is 0.399 e. The second kappa shape index (κ2) is 10.2. The zero-order valence-corrected chi connectivity index (χ0v) is 24.9. The van der Waals surface area contributed by atoms with E-state index >= 15 is 0 Å². The van der Waals surface area contributed by atoms with E-state index in [1.54, 1.807) is 72.9 Å². The van der Waals surface area contributed by atoms with Gasteiger partial charge in [-0.1, -0.05) is 30.3 Å².